The Labute approximate surface area is 194 Å². The van der Waals surface area contributed by atoms with Crippen LogP contribution in [-0.2, 0) is 22.6 Å². The number of hydrogen-bond acceptors (Lipinski definition) is 8. The molecule has 4 heterocycles. The van der Waals surface area contributed by atoms with E-state index in [2.05, 4.69) is 19.9 Å². The third-order valence-corrected chi connectivity index (χ3v) is 6.03. The lowest BCUT2D eigenvalue weighted by atomic mass is 10.1. The second-order valence-corrected chi connectivity index (χ2v) is 8.02. The van der Waals surface area contributed by atoms with Crippen LogP contribution in [0.1, 0.15) is 11.3 Å². The van der Waals surface area contributed by atoms with E-state index in [9.17, 15) is 0 Å². The predicted octanol–water partition coefficient (Wildman–Crippen LogP) is 3.34. The van der Waals surface area contributed by atoms with Gasteiger partial charge in [0.2, 0.25) is 0 Å². The Bertz CT molecular complexity index is 1230. The summed E-state index contributed by atoms with van der Waals surface area (Å²) in [7, 11) is 4.01. The van der Waals surface area contributed by atoms with Gasteiger partial charge in [-0.1, -0.05) is 0 Å². The van der Waals surface area contributed by atoms with E-state index < -0.39 is 11.6 Å². The maximum atomic E-state index is 15.2. The standard InChI is InChI=1S/C23H25F2N5O4/c1-31-16-9-17(32-2)19(25)21(18(16)24)30-11-13-10-26-22-15(20(13)28-23(30)33-3)8-14(27-22)12-29-4-6-34-7-5-29/h8-10H,4-7,11-12H2,1-3H3,(H,26,27). The number of hydrogen-bond donors (Lipinski definition) is 1. The van der Waals surface area contributed by atoms with Gasteiger partial charge in [0.25, 0.3) is 6.02 Å². The third kappa shape index (κ3) is 3.80. The van der Waals surface area contributed by atoms with Crippen LogP contribution < -0.4 is 14.4 Å². The summed E-state index contributed by atoms with van der Waals surface area (Å²) in [5, 5.41) is 0.819. The SMILES string of the molecule is COC1=Nc2c(cnc3[nH]c(CN4CCOCC4)cc23)CN1c1c(F)c(OC)cc(OC)c1F. The highest BCUT2D eigenvalue weighted by atomic mass is 19.1. The summed E-state index contributed by atoms with van der Waals surface area (Å²) in [6.07, 6.45) is 1.66. The van der Waals surface area contributed by atoms with Gasteiger partial charge in [0.15, 0.2) is 23.1 Å². The molecule has 180 valence electrons. The highest BCUT2D eigenvalue weighted by molar-refractivity contribution is 6.01. The van der Waals surface area contributed by atoms with Gasteiger partial charge in [-0.05, 0) is 6.07 Å². The molecule has 1 N–H and O–H groups in total. The van der Waals surface area contributed by atoms with Crippen LogP contribution in [0.3, 0.4) is 0 Å². The highest BCUT2D eigenvalue weighted by Gasteiger charge is 2.32. The predicted molar refractivity (Wildman–Crippen MR) is 122 cm³/mol. The largest absolute Gasteiger partial charge is 0.493 e. The first kappa shape index (κ1) is 22.4. The second-order valence-electron chi connectivity index (χ2n) is 8.02. The van der Waals surface area contributed by atoms with Crippen molar-refractivity contribution in [1.29, 1.82) is 0 Å². The topological polar surface area (TPSA) is 84.4 Å². The minimum absolute atomic E-state index is 0.0454. The van der Waals surface area contributed by atoms with E-state index in [1.165, 1.54) is 26.2 Å². The van der Waals surface area contributed by atoms with Gasteiger partial charge in [-0.2, -0.15) is 4.99 Å². The van der Waals surface area contributed by atoms with Gasteiger partial charge in [0.05, 0.1) is 46.8 Å². The van der Waals surface area contributed by atoms with E-state index in [-0.39, 0.29) is 29.8 Å². The fourth-order valence-electron chi connectivity index (χ4n) is 4.32. The average Bonchev–Trinajstić information content (AvgIpc) is 3.27. The van der Waals surface area contributed by atoms with Gasteiger partial charge in [0.1, 0.15) is 11.3 Å². The summed E-state index contributed by atoms with van der Waals surface area (Å²) in [5.41, 5.74) is 2.67. The normalized spacial score (nSPS) is 16.4. The van der Waals surface area contributed by atoms with Crippen molar-refractivity contribution in [3.63, 3.8) is 0 Å². The lowest BCUT2D eigenvalue weighted by Gasteiger charge is -2.30. The first-order chi connectivity index (χ1) is 16.5. The average molecular weight is 473 g/mol. The van der Waals surface area contributed by atoms with E-state index in [1.807, 2.05) is 6.07 Å². The Morgan fingerprint density at radius 3 is 2.38 bits per heavy atom. The summed E-state index contributed by atoms with van der Waals surface area (Å²) in [6, 6.07) is 3.22. The number of benzene rings is 1. The molecule has 11 heteroatoms. The first-order valence-corrected chi connectivity index (χ1v) is 10.8. The number of aliphatic imine (C=N–C) groups is 1. The van der Waals surface area contributed by atoms with E-state index in [0.29, 0.717) is 30.1 Å². The van der Waals surface area contributed by atoms with Crippen LogP contribution in [0.25, 0.3) is 11.0 Å². The number of amidine groups is 1. The van der Waals surface area contributed by atoms with Gasteiger partial charge in [-0.15, -0.1) is 0 Å². The number of ether oxygens (including phenoxy) is 4. The Morgan fingerprint density at radius 2 is 1.74 bits per heavy atom. The van der Waals surface area contributed by atoms with Crippen molar-refractivity contribution in [2.75, 3.05) is 52.5 Å². The van der Waals surface area contributed by atoms with Gasteiger partial charge in [-0.25, -0.2) is 13.8 Å². The number of morpholine rings is 1. The minimum atomic E-state index is -0.877. The molecule has 0 spiro atoms. The van der Waals surface area contributed by atoms with Crippen molar-refractivity contribution < 1.29 is 27.7 Å². The maximum absolute atomic E-state index is 15.2. The molecule has 2 aliphatic rings. The smallest absolute Gasteiger partial charge is 0.297 e. The minimum Gasteiger partial charge on any atom is -0.493 e. The number of nitrogens with one attached hydrogen (secondary N) is 1. The molecule has 3 aromatic rings. The number of nitrogens with zero attached hydrogens (tertiary/aromatic N) is 4. The van der Waals surface area contributed by atoms with Gasteiger partial charge in [-0.3, -0.25) is 9.80 Å². The van der Waals surface area contributed by atoms with Gasteiger partial charge >= 0.3 is 0 Å². The number of fused-ring (bicyclic) bond motifs is 3. The highest BCUT2D eigenvalue weighted by Crippen LogP contribution is 2.41. The number of halogens is 2. The zero-order valence-corrected chi connectivity index (χ0v) is 19.2. The van der Waals surface area contributed by atoms with Crippen molar-refractivity contribution in [2.24, 2.45) is 4.99 Å². The molecule has 0 atom stereocenters. The number of aromatic amines is 1. The van der Waals surface area contributed by atoms with Gasteiger partial charge < -0.3 is 23.9 Å². The van der Waals surface area contributed by atoms with Crippen molar-refractivity contribution in [1.82, 2.24) is 14.9 Å². The molecule has 0 saturated carbocycles. The number of aromatic nitrogens is 2. The molecule has 5 rings (SSSR count). The molecule has 1 fully saturated rings. The Morgan fingerprint density at radius 1 is 1.03 bits per heavy atom. The van der Waals surface area contributed by atoms with Crippen molar-refractivity contribution >= 4 is 28.4 Å². The summed E-state index contributed by atoms with van der Waals surface area (Å²) in [5.74, 6) is -2.06. The molecule has 0 aliphatic carbocycles. The number of pyridine rings is 1. The zero-order valence-electron chi connectivity index (χ0n) is 19.2. The van der Waals surface area contributed by atoms with Crippen LogP contribution in [0.15, 0.2) is 23.3 Å². The van der Waals surface area contributed by atoms with Crippen molar-refractivity contribution in [3.05, 3.63) is 41.2 Å². The van der Waals surface area contributed by atoms with E-state index in [0.717, 1.165) is 36.8 Å². The molecule has 9 nitrogen and oxygen atoms in total. The molecule has 2 aliphatic heterocycles. The number of rotatable bonds is 5. The van der Waals surface area contributed by atoms with Crippen molar-refractivity contribution in [2.45, 2.75) is 13.1 Å². The first-order valence-electron chi connectivity index (χ1n) is 10.8. The fraction of sp³-hybridized carbons (Fsp3) is 0.391. The summed E-state index contributed by atoms with van der Waals surface area (Å²) in [6.45, 7) is 3.99. The lowest BCUT2D eigenvalue weighted by Crippen LogP contribution is -2.35. The molecule has 0 unspecified atom stereocenters. The van der Waals surface area contributed by atoms with Crippen LogP contribution in [0.4, 0.5) is 20.2 Å². The van der Waals surface area contributed by atoms with Crippen LogP contribution >= 0.6 is 0 Å². The molecule has 2 aromatic heterocycles. The van der Waals surface area contributed by atoms with Crippen LogP contribution in [0, 0.1) is 11.6 Å². The number of anilines is 1. The Kier molecular flexibility index (Phi) is 5.96. The number of methoxy groups -OCH3 is 3. The third-order valence-electron chi connectivity index (χ3n) is 6.03. The molecule has 1 aromatic carbocycles. The summed E-state index contributed by atoms with van der Waals surface area (Å²) < 4.78 is 51.4. The molecule has 0 bridgehead atoms. The molecular formula is C23H25F2N5O4. The monoisotopic (exact) mass is 473 g/mol. The Balaban J connectivity index is 1.55. The van der Waals surface area contributed by atoms with E-state index in [1.54, 1.807) is 6.20 Å². The molecule has 0 radical (unpaired) electrons. The summed E-state index contributed by atoms with van der Waals surface area (Å²) >= 11 is 0. The quantitative estimate of drug-likeness (QED) is 0.609. The summed E-state index contributed by atoms with van der Waals surface area (Å²) in [4.78, 5) is 16.1. The Hall–Kier alpha value is -3.44. The second kappa shape index (κ2) is 9.07. The zero-order chi connectivity index (χ0) is 23.8. The van der Waals surface area contributed by atoms with Gasteiger partial charge in [0, 0.05) is 48.5 Å². The fourth-order valence-corrected chi connectivity index (χ4v) is 4.32. The van der Waals surface area contributed by atoms with Crippen molar-refractivity contribution in [3.8, 4) is 11.5 Å². The van der Waals surface area contributed by atoms with Crippen LogP contribution in [-0.4, -0.2) is 68.5 Å². The molecule has 34 heavy (non-hydrogen) atoms. The van der Waals surface area contributed by atoms with E-state index in [4.69, 9.17) is 18.9 Å². The molecular weight excluding hydrogens is 448 g/mol. The number of H-pyrrole nitrogens is 1. The molecule has 1 saturated heterocycles. The van der Waals surface area contributed by atoms with Crippen LogP contribution in [0.5, 0.6) is 11.5 Å². The molecule has 0 amide bonds. The van der Waals surface area contributed by atoms with Crippen LogP contribution in [0.2, 0.25) is 0 Å². The van der Waals surface area contributed by atoms with E-state index >= 15 is 8.78 Å². The maximum Gasteiger partial charge on any atom is 0.297 e. The lowest BCUT2D eigenvalue weighted by molar-refractivity contribution is 0.0337.